The molecule has 2 aromatic heterocycles. The number of aromatic nitrogens is 3. The van der Waals surface area contributed by atoms with Crippen LogP contribution in [0.2, 0.25) is 5.02 Å². The highest BCUT2D eigenvalue weighted by atomic mass is 35.5. The molecule has 4 atom stereocenters. The number of hydrogen-bond acceptors (Lipinski definition) is 8. The molecule has 0 radical (unpaired) electrons. The third-order valence-corrected chi connectivity index (χ3v) is 6.69. The van der Waals surface area contributed by atoms with E-state index in [1.165, 1.54) is 0 Å². The van der Waals surface area contributed by atoms with Gasteiger partial charge in [0.15, 0.2) is 0 Å². The summed E-state index contributed by atoms with van der Waals surface area (Å²) in [7, 11) is 1.59. The van der Waals surface area contributed by atoms with Gasteiger partial charge in [0.2, 0.25) is 11.8 Å². The smallest absolute Gasteiger partial charge is 0.305 e. The molecule has 0 unspecified atom stereocenters. The van der Waals surface area contributed by atoms with Gasteiger partial charge in [-0.25, -0.2) is 15.0 Å². The lowest BCUT2D eigenvalue weighted by Gasteiger charge is -2.38. The monoisotopic (exact) mass is 475 g/mol. The van der Waals surface area contributed by atoms with E-state index in [1.54, 1.807) is 25.7 Å². The molecule has 4 heterocycles. The first kappa shape index (κ1) is 23.4. The number of halogens is 1. The van der Waals surface area contributed by atoms with Crippen molar-refractivity contribution < 1.29 is 19.4 Å². The molecule has 10 heteroatoms. The molecular formula is C23H30ClN5O4. The molecular weight excluding hydrogens is 446 g/mol. The quantitative estimate of drug-likeness (QED) is 0.644. The minimum Gasteiger partial charge on any atom is -0.481 e. The van der Waals surface area contributed by atoms with Crippen molar-refractivity contribution in [1.29, 1.82) is 0 Å². The number of aliphatic carboxylic acids is 1. The molecule has 1 N–H and O–H groups in total. The van der Waals surface area contributed by atoms with Gasteiger partial charge >= 0.3 is 5.97 Å². The first-order valence-electron chi connectivity index (χ1n) is 11.3. The van der Waals surface area contributed by atoms with E-state index in [9.17, 15) is 9.90 Å². The highest BCUT2D eigenvalue weighted by Crippen LogP contribution is 2.33. The topological polar surface area (TPSA) is 101 Å². The van der Waals surface area contributed by atoms with Crippen LogP contribution in [-0.2, 0) is 4.79 Å². The number of hydrogen-bond donors (Lipinski definition) is 1. The average molecular weight is 476 g/mol. The van der Waals surface area contributed by atoms with Gasteiger partial charge in [-0.2, -0.15) is 0 Å². The maximum atomic E-state index is 11.2. The van der Waals surface area contributed by atoms with Crippen LogP contribution in [-0.4, -0.2) is 64.9 Å². The predicted octanol–water partition coefficient (Wildman–Crippen LogP) is 3.52. The summed E-state index contributed by atoms with van der Waals surface area (Å²) in [4.78, 5) is 28.6. The van der Waals surface area contributed by atoms with Crippen molar-refractivity contribution in [3.8, 4) is 11.8 Å². The second-order valence-corrected chi connectivity index (χ2v) is 9.41. The van der Waals surface area contributed by atoms with Gasteiger partial charge in [-0.1, -0.05) is 25.4 Å². The average Bonchev–Trinajstić information content (AvgIpc) is 3.15. The molecule has 9 nitrogen and oxygen atoms in total. The van der Waals surface area contributed by atoms with Crippen molar-refractivity contribution in [2.75, 3.05) is 36.5 Å². The van der Waals surface area contributed by atoms with Crippen LogP contribution in [0.1, 0.15) is 33.1 Å². The summed E-state index contributed by atoms with van der Waals surface area (Å²) >= 11 is 6.37. The van der Waals surface area contributed by atoms with Crippen LogP contribution in [0, 0.1) is 11.8 Å². The summed E-state index contributed by atoms with van der Waals surface area (Å²) < 4.78 is 11.4. The summed E-state index contributed by atoms with van der Waals surface area (Å²) in [6.07, 6.45) is 6.71. The lowest BCUT2D eigenvalue weighted by molar-refractivity contribution is -0.137. The number of carboxylic acid groups (broad SMARTS) is 1. The lowest BCUT2D eigenvalue weighted by atomic mass is 9.96. The standard InChI is InChI=1S/C23H30ClN5O4/c1-14-6-16(7-23(30)31)29(12-14)20-10-27-22(11-25-20)33-19-4-5-28(13-15(19)2)18-8-21(32-3)26-9-17(18)24/h8-11,14-16,19H,4-7,12-13H2,1-3H3,(H,30,31)/t14-,15-,16-,19-/m1/s1. The summed E-state index contributed by atoms with van der Waals surface area (Å²) in [5.74, 6) is 1.59. The Morgan fingerprint density at radius 2 is 1.97 bits per heavy atom. The molecule has 2 aromatic rings. The van der Waals surface area contributed by atoms with E-state index < -0.39 is 5.97 Å². The number of carbonyl (C=O) groups is 1. The third-order valence-electron chi connectivity index (χ3n) is 6.40. The number of rotatable bonds is 7. The highest BCUT2D eigenvalue weighted by molar-refractivity contribution is 6.33. The van der Waals surface area contributed by atoms with Gasteiger partial charge in [0.05, 0.1) is 42.8 Å². The zero-order valence-corrected chi connectivity index (χ0v) is 19.9. The molecule has 0 aromatic carbocycles. The van der Waals surface area contributed by atoms with Crippen LogP contribution < -0.4 is 19.3 Å². The van der Waals surface area contributed by atoms with Gasteiger partial charge in [0, 0.05) is 44.1 Å². The first-order chi connectivity index (χ1) is 15.8. The van der Waals surface area contributed by atoms with Crippen LogP contribution in [0.3, 0.4) is 0 Å². The number of methoxy groups -OCH3 is 1. The van der Waals surface area contributed by atoms with Gasteiger partial charge in [-0.05, 0) is 12.3 Å². The molecule has 0 amide bonds. The van der Waals surface area contributed by atoms with Crippen molar-refractivity contribution in [1.82, 2.24) is 15.0 Å². The summed E-state index contributed by atoms with van der Waals surface area (Å²) in [6, 6.07) is 1.80. The Kier molecular flexibility index (Phi) is 7.07. The molecule has 0 bridgehead atoms. The van der Waals surface area contributed by atoms with Crippen molar-refractivity contribution in [2.45, 2.75) is 45.3 Å². The van der Waals surface area contributed by atoms with E-state index in [0.717, 1.165) is 38.2 Å². The minimum atomic E-state index is -0.793. The van der Waals surface area contributed by atoms with Crippen LogP contribution in [0.4, 0.5) is 11.5 Å². The van der Waals surface area contributed by atoms with E-state index in [2.05, 4.69) is 33.7 Å². The second-order valence-electron chi connectivity index (χ2n) is 9.00. The molecule has 0 spiro atoms. The zero-order valence-electron chi connectivity index (χ0n) is 19.1. The number of nitrogens with zero attached hydrogens (tertiary/aromatic N) is 5. The third kappa shape index (κ3) is 5.40. The van der Waals surface area contributed by atoms with Crippen LogP contribution in [0.15, 0.2) is 24.7 Å². The Hall–Kier alpha value is -2.81. The van der Waals surface area contributed by atoms with E-state index in [0.29, 0.717) is 28.5 Å². The maximum absolute atomic E-state index is 11.2. The Morgan fingerprint density at radius 1 is 1.18 bits per heavy atom. The highest BCUT2D eigenvalue weighted by Gasteiger charge is 2.33. The first-order valence-corrected chi connectivity index (χ1v) is 11.6. The fraction of sp³-hybridized carbons (Fsp3) is 0.565. The Bertz CT molecular complexity index is 976. The number of ether oxygens (including phenoxy) is 2. The fourth-order valence-electron chi connectivity index (χ4n) is 4.78. The minimum absolute atomic E-state index is 0.00970. The molecule has 33 heavy (non-hydrogen) atoms. The van der Waals surface area contributed by atoms with Gasteiger partial charge in [-0.15, -0.1) is 0 Å². The molecule has 2 fully saturated rings. The van der Waals surface area contributed by atoms with E-state index in [4.69, 9.17) is 21.1 Å². The second kappa shape index (κ2) is 9.99. The van der Waals surface area contributed by atoms with Crippen LogP contribution >= 0.6 is 11.6 Å². The maximum Gasteiger partial charge on any atom is 0.305 e. The predicted molar refractivity (Wildman–Crippen MR) is 125 cm³/mol. The van der Waals surface area contributed by atoms with Crippen LogP contribution in [0.25, 0.3) is 0 Å². The molecule has 4 rings (SSSR count). The molecule has 2 aliphatic rings. The van der Waals surface area contributed by atoms with Crippen molar-refractivity contribution in [2.24, 2.45) is 11.8 Å². The Balaban J connectivity index is 1.38. The number of piperidine rings is 1. The Morgan fingerprint density at radius 3 is 2.64 bits per heavy atom. The van der Waals surface area contributed by atoms with Gasteiger partial charge in [0.1, 0.15) is 11.9 Å². The van der Waals surface area contributed by atoms with Crippen molar-refractivity contribution in [3.05, 3.63) is 29.7 Å². The van der Waals surface area contributed by atoms with Gasteiger partial charge in [0.25, 0.3) is 0 Å². The largest absolute Gasteiger partial charge is 0.481 e. The molecule has 0 saturated carbocycles. The molecule has 0 aliphatic carbocycles. The Labute approximate surface area is 198 Å². The SMILES string of the molecule is COc1cc(N2CC[C@@H](Oc3cnc(N4C[C@H](C)C[C@@H]4CC(=O)O)cn3)[C@H](C)C2)c(Cl)cn1. The van der Waals surface area contributed by atoms with E-state index in [1.807, 2.05) is 11.0 Å². The zero-order chi connectivity index (χ0) is 23.5. The van der Waals surface area contributed by atoms with Crippen molar-refractivity contribution in [3.63, 3.8) is 0 Å². The molecule has 2 saturated heterocycles. The van der Waals surface area contributed by atoms with E-state index in [-0.39, 0.29) is 24.5 Å². The molecule has 178 valence electrons. The number of pyridine rings is 1. The summed E-state index contributed by atoms with van der Waals surface area (Å²) in [6.45, 7) is 6.63. The number of anilines is 2. The lowest BCUT2D eigenvalue weighted by Crippen LogP contribution is -2.44. The van der Waals surface area contributed by atoms with E-state index >= 15 is 0 Å². The van der Waals surface area contributed by atoms with Gasteiger partial charge in [-0.3, -0.25) is 4.79 Å². The molecule has 2 aliphatic heterocycles. The summed E-state index contributed by atoms with van der Waals surface area (Å²) in [5.41, 5.74) is 0.911. The van der Waals surface area contributed by atoms with Crippen molar-refractivity contribution >= 4 is 29.1 Å². The van der Waals surface area contributed by atoms with Gasteiger partial charge < -0.3 is 24.4 Å². The fourth-order valence-corrected chi connectivity index (χ4v) is 5.00. The van der Waals surface area contributed by atoms with Crippen LogP contribution in [0.5, 0.6) is 11.8 Å². The normalized spacial score (nSPS) is 25.2. The number of carboxylic acids is 1. The summed E-state index contributed by atoms with van der Waals surface area (Å²) in [5, 5.41) is 9.80.